The molecule has 0 aliphatic heterocycles. The van der Waals surface area contributed by atoms with Crippen LogP contribution < -0.4 is 5.32 Å². The Hall–Kier alpha value is -1.78. The summed E-state index contributed by atoms with van der Waals surface area (Å²) >= 11 is 7.56. The summed E-state index contributed by atoms with van der Waals surface area (Å²) in [4.78, 5) is 1.22. The van der Waals surface area contributed by atoms with Crippen molar-refractivity contribution >= 4 is 28.6 Å². The zero-order chi connectivity index (χ0) is 13.1. The maximum Gasteiger partial charge on any atom is 0.0666 e. The molecule has 3 nitrogen and oxygen atoms in total. The van der Waals surface area contributed by atoms with Crippen LogP contribution in [0.1, 0.15) is 4.88 Å². The summed E-state index contributed by atoms with van der Waals surface area (Å²) in [6, 6.07) is 12.1. The third kappa shape index (κ3) is 2.97. The summed E-state index contributed by atoms with van der Waals surface area (Å²) in [5.74, 6) is 0. The maximum absolute atomic E-state index is 5.91. The van der Waals surface area contributed by atoms with Gasteiger partial charge in [0, 0.05) is 34.9 Å². The molecule has 1 aromatic carbocycles. The van der Waals surface area contributed by atoms with Crippen LogP contribution in [0, 0.1) is 0 Å². The van der Waals surface area contributed by atoms with E-state index in [0.29, 0.717) is 0 Å². The van der Waals surface area contributed by atoms with E-state index in [-0.39, 0.29) is 0 Å². The molecule has 0 aliphatic rings. The number of anilines is 1. The number of nitrogens with zero attached hydrogens (tertiary/aromatic N) is 2. The van der Waals surface area contributed by atoms with Crippen molar-refractivity contribution in [3.8, 4) is 5.69 Å². The fraction of sp³-hybridized carbons (Fsp3) is 0.0714. The number of aromatic nitrogens is 2. The summed E-state index contributed by atoms with van der Waals surface area (Å²) in [7, 11) is 0. The fourth-order valence-electron chi connectivity index (χ4n) is 1.82. The van der Waals surface area contributed by atoms with Crippen LogP contribution in [-0.2, 0) is 6.54 Å². The van der Waals surface area contributed by atoms with Gasteiger partial charge in [0.2, 0.25) is 0 Å². The van der Waals surface area contributed by atoms with Gasteiger partial charge in [-0.1, -0.05) is 17.7 Å². The minimum Gasteiger partial charge on any atom is -0.380 e. The van der Waals surface area contributed by atoms with Crippen LogP contribution in [0.4, 0.5) is 5.69 Å². The molecule has 0 atom stereocenters. The Labute approximate surface area is 120 Å². The average molecular weight is 290 g/mol. The van der Waals surface area contributed by atoms with Gasteiger partial charge in [0.25, 0.3) is 0 Å². The van der Waals surface area contributed by atoms with Gasteiger partial charge >= 0.3 is 0 Å². The van der Waals surface area contributed by atoms with E-state index in [0.717, 1.165) is 22.9 Å². The molecule has 96 valence electrons. The van der Waals surface area contributed by atoms with Crippen LogP contribution in [0.3, 0.4) is 0 Å². The highest BCUT2D eigenvalue weighted by molar-refractivity contribution is 7.10. The molecule has 0 saturated carbocycles. The maximum atomic E-state index is 5.91. The molecular weight excluding hydrogens is 278 g/mol. The molecule has 0 radical (unpaired) electrons. The second-order valence-corrected chi connectivity index (χ2v) is 5.52. The Balaban J connectivity index is 1.73. The van der Waals surface area contributed by atoms with Gasteiger partial charge in [-0.15, -0.1) is 11.3 Å². The Morgan fingerprint density at radius 1 is 1.26 bits per heavy atom. The predicted octanol–water partition coefficient (Wildman–Crippen LogP) is 4.20. The minimum absolute atomic E-state index is 0.778. The standard InChI is InChI=1S/C14H12ClN3S/c15-11-7-14(19-10-11)9-16-12-3-1-4-13(8-12)18-6-2-5-17-18/h1-8,10,16H,9H2. The minimum atomic E-state index is 0.778. The molecule has 0 aliphatic carbocycles. The molecule has 0 fully saturated rings. The van der Waals surface area contributed by atoms with E-state index >= 15 is 0 Å². The molecule has 3 rings (SSSR count). The van der Waals surface area contributed by atoms with E-state index < -0.39 is 0 Å². The van der Waals surface area contributed by atoms with Gasteiger partial charge in [-0.2, -0.15) is 5.10 Å². The highest BCUT2D eigenvalue weighted by atomic mass is 35.5. The lowest BCUT2D eigenvalue weighted by atomic mass is 10.2. The van der Waals surface area contributed by atoms with Crippen molar-refractivity contribution in [2.75, 3.05) is 5.32 Å². The molecule has 19 heavy (non-hydrogen) atoms. The van der Waals surface area contributed by atoms with Crippen molar-refractivity contribution in [2.24, 2.45) is 0 Å². The lowest BCUT2D eigenvalue weighted by Crippen LogP contribution is -1.99. The normalized spacial score (nSPS) is 10.6. The SMILES string of the molecule is Clc1csc(CNc2cccc(-n3cccn3)c2)c1. The third-order valence-electron chi connectivity index (χ3n) is 2.70. The number of rotatable bonds is 4. The molecule has 3 aromatic rings. The van der Waals surface area contributed by atoms with Gasteiger partial charge in [0.15, 0.2) is 0 Å². The number of hydrogen-bond acceptors (Lipinski definition) is 3. The smallest absolute Gasteiger partial charge is 0.0666 e. The summed E-state index contributed by atoms with van der Waals surface area (Å²) in [6.07, 6.45) is 3.70. The summed E-state index contributed by atoms with van der Waals surface area (Å²) in [5.41, 5.74) is 2.11. The van der Waals surface area contributed by atoms with Crippen LogP contribution in [0.5, 0.6) is 0 Å². The van der Waals surface area contributed by atoms with Crippen molar-refractivity contribution in [3.05, 3.63) is 64.1 Å². The van der Waals surface area contributed by atoms with Gasteiger partial charge in [0.05, 0.1) is 10.7 Å². The van der Waals surface area contributed by atoms with E-state index in [1.807, 2.05) is 46.6 Å². The first-order chi connectivity index (χ1) is 9.31. The van der Waals surface area contributed by atoms with E-state index in [1.165, 1.54) is 4.88 Å². The zero-order valence-corrected chi connectivity index (χ0v) is 11.7. The molecule has 0 amide bonds. The highest BCUT2D eigenvalue weighted by Crippen LogP contribution is 2.21. The van der Waals surface area contributed by atoms with E-state index in [9.17, 15) is 0 Å². The van der Waals surface area contributed by atoms with Crippen molar-refractivity contribution < 1.29 is 0 Å². The largest absolute Gasteiger partial charge is 0.380 e. The van der Waals surface area contributed by atoms with Crippen molar-refractivity contribution in [3.63, 3.8) is 0 Å². The Kier molecular flexibility index (Phi) is 3.53. The fourth-order valence-corrected chi connectivity index (χ4v) is 2.83. The van der Waals surface area contributed by atoms with E-state index in [4.69, 9.17) is 11.6 Å². The molecule has 0 unspecified atom stereocenters. The van der Waals surface area contributed by atoms with Crippen molar-refractivity contribution in [1.29, 1.82) is 0 Å². The lowest BCUT2D eigenvalue weighted by Gasteiger charge is -2.07. The number of hydrogen-bond donors (Lipinski definition) is 1. The first-order valence-electron chi connectivity index (χ1n) is 5.88. The van der Waals surface area contributed by atoms with Crippen LogP contribution >= 0.6 is 22.9 Å². The predicted molar refractivity (Wildman–Crippen MR) is 80.2 cm³/mol. The molecule has 1 N–H and O–H groups in total. The molecule has 5 heteroatoms. The van der Waals surface area contributed by atoms with Crippen molar-refractivity contribution in [1.82, 2.24) is 9.78 Å². The van der Waals surface area contributed by atoms with E-state index in [2.05, 4.69) is 16.5 Å². The molecular formula is C14H12ClN3S. The Bertz CT molecular complexity index is 661. The molecule has 0 spiro atoms. The number of benzene rings is 1. The topological polar surface area (TPSA) is 29.9 Å². The summed E-state index contributed by atoms with van der Waals surface area (Å²) in [5, 5.41) is 10.4. The first kappa shape index (κ1) is 12.3. The highest BCUT2D eigenvalue weighted by Gasteiger charge is 2.00. The van der Waals surface area contributed by atoms with Crippen LogP contribution in [-0.4, -0.2) is 9.78 Å². The van der Waals surface area contributed by atoms with Gasteiger partial charge in [-0.05, 0) is 30.3 Å². The van der Waals surface area contributed by atoms with Gasteiger partial charge in [0.1, 0.15) is 0 Å². The van der Waals surface area contributed by atoms with Gasteiger partial charge in [-0.3, -0.25) is 0 Å². The van der Waals surface area contributed by atoms with Crippen LogP contribution in [0.15, 0.2) is 54.2 Å². The monoisotopic (exact) mass is 289 g/mol. The van der Waals surface area contributed by atoms with Gasteiger partial charge < -0.3 is 5.32 Å². The van der Waals surface area contributed by atoms with Crippen LogP contribution in [0.2, 0.25) is 5.02 Å². The number of thiophene rings is 1. The van der Waals surface area contributed by atoms with Crippen molar-refractivity contribution in [2.45, 2.75) is 6.54 Å². The average Bonchev–Trinajstić information content (AvgIpc) is 3.08. The molecule has 0 bridgehead atoms. The quantitative estimate of drug-likeness (QED) is 0.780. The number of nitrogens with one attached hydrogen (secondary N) is 1. The second kappa shape index (κ2) is 5.47. The third-order valence-corrected chi connectivity index (χ3v) is 3.99. The van der Waals surface area contributed by atoms with Crippen LogP contribution in [0.25, 0.3) is 5.69 Å². The van der Waals surface area contributed by atoms with Gasteiger partial charge in [-0.25, -0.2) is 4.68 Å². The first-order valence-corrected chi connectivity index (χ1v) is 7.14. The number of halogens is 1. The lowest BCUT2D eigenvalue weighted by molar-refractivity contribution is 0.880. The molecule has 2 heterocycles. The zero-order valence-electron chi connectivity index (χ0n) is 10.1. The molecule has 0 saturated heterocycles. The Morgan fingerprint density at radius 3 is 2.95 bits per heavy atom. The second-order valence-electron chi connectivity index (χ2n) is 4.09. The Morgan fingerprint density at radius 2 is 2.21 bits per heavy atom. The summed E-state index contributed by atoms with van der Waals surface area (Å²) in [6.45, 7) is 0.778. The van der Waals surface area contributed by atoms with E-state index in [1.54, 1.807) is 17.5 Å². The summed E-state index contributed by atoms with van der Waals surface area (Å²) < 4.78 is 1.84. The molecule has 2 aromatic heterocycles.